The molecule has 1 aliphatic rings. The number of carbonyl (C=O) groups is 1. The highest BCUT2D eigenvalue weighted by atomic mass is 16.5. The number of ether oxygens (including phenoxy) is 1. The Bertz CT molecular complexity index is 1060. The van der Waals surface area contributed by atoms with Crippen LogP contribution in [0.1, 0.15) is 18.5 Å². The predicted octanol–water partition coefficient (Wildman–Crippen LogP) is 2.92. The van der Waals surface area contributed by atoms with E-state index in [0.29, 0.717) is 34.2 Å². The first-order valence-electron chi connectivity index (χ1n) is 8.69. The summed E-state index contributed by atoms with van der Waals surface area (Å²) in [5.41, 5.74) is 2.51. The van der Waals surface area contributed by atoms with Gasteiger partial charge in [-0.15, -0.1) is 0 Å². The van der Waals surface area contributed by atoms with E-state index >= 15 is 0 Å². The Kier molecular flexibility index (Phi) is 4.44. The van der Waals surface area contributed by atoms with Crippen molar-refractivity contribution in [1.29, 1.82) is 0 Å². The van der Waals surface area contributed by atoms with Crippen molar-refractivity contribution in [3.63, 3.8) is 0 Å². The molecule has 0 saturated heterocycles. The normalized spacial score (nSPS) is 15.6. The van der Waals surface area contributed by atoms with E-state index in [2.05, 4.69) is 20.7 Å². The monoisotopic (exact) mass is 377 g/mol. The number of amides is 1. The molecular weight excluding hydrogens is 358 g/mol. The molecule has 1 atom stereocenters. The SMILES string of the molecule is COc1ccc([C@H]2C(C(=O)Nc3ccccc3)=C(C)Nc3ncnn32)cc1O. The quantitative estimate of drug-likeness (QED) is 0.646. The van der Waals surface area contributed by atoms with E-state index in [9.17, 15) is 9.90 Å². The lowest BCUT2D eigenvalue weighted by Gasteiger charge is -2.29. The fraction of sp³-hybridized carbons (Fsp3) is 0.150. The average Bonchev–Trinajstić information content (AvgIpc) is 3.15. The maximum Gasteiger partial charge on any atom is 0.255 e. The third-order valence-electron chi connectivity index (χ3n) is 4.59. The van der Waals surface area contributed by atoms with Crippen molar-refractivity contribution in [2.24, 2.45) is 0 Å². The van der Waals surface area contributed by atoms with Crippen molar-refractivity contribution in [3.8, 4) is 11.5 Å². The molecule has 0 fully saturated rings. The number of allylic oxidation sites excluding steroid dienone is 1. The molecule has 0 radical (unpaired) electrons. The molecule has 4 rings (SSSR count). The Morgan fingerprint density at radius 1 is 1.25 bits per heavy atom. The molecule has 0 saturated carbocycles. The largest absolute Gasteiger partial charge is 0.504 e. The average molecular weight is 377 g/mol. The van der Waals surface area contributed by atoms with Gasteiger partial charge in [0.05, 0.1) is 12.7 Å². The van der Waals surface area contributed by atoms with Crippen LogP contribution >= 0.6 is 0 Å². The molecule has 142 valence electrons. The van der Waals surface area contributed by atoms with Gasteiger partial charge in [0.15, 0.2) is 11.5 Å². The van der Waals surface area contributed by atoms with E-state index in [0.717, 1.165) is 0 Å². The second-order valence-electron chi connectivity index (χ2n) is 6.35. The first-order chi connectivity index (χ1) is 13.6. The van der Waals surface area contributed by atoms with Gasteiger partial charge in [0.2, 0.25) is 5.95 Å². The third kappa shape index (κ3) is 3.05. The van der Waals surface area contributed by atoms with Crippen molar-refractivity contribution < 1.29 is 14.6 Å². The molecule has 0 spiro atoms. The van der Waals surface area contributed by atoms with Crippen molar-refractivity contribution >= 4 is 17.5 Å². The van der Waals surface area contributed by atoms with Crippen LogP contribution < -0.4 is 15.4 Å². The first kappa shape index (κ1) is 17.6. The van der Waals surface area contributed by atoms with E-state index in [-0.39, 0.29) is 11.7 Å². The van der Waals surface area contributed by atoms with Crippen molar-refractivity contribution in [2.75, 3.05) is 17.7 Å². The Balaban J connectivity index is 1.78. The summed E-state index contributed by atoms with van der Waals surface area (Å²) >= 11 is 0. The molecule has 8 nitrogen and oxygen atoms in total. The molecule has 0 aliphatic carbocycles. The number of hydrogen-bond donors (Lipinski definition) is 3. The Morgan fingerprint density at radius 2 is 2.04 bits per heavy atom. The maximum absolute atomic E-state index is 13.1. The number of carbonyl (C=O) groups excluding carboxylic acids is 1. The minimum Gasteiger partial charge on any atom is -0.504 e. The van der Waals surface area contributed by atoms with Gasteiger partial charge in [0.1, 0.15) is 12.4 Å². The van der Waals surface area contributed by atoms with Gasteiger partial charge in [-0.25, -0.2) is 4.68 Å². The molecule has 2 heterocycles. The Morgan fingerprint density at radius 3 is 2.75 bits per heavy atom. The number of fused-ring (bicyclic) bond motifs is 1. The van der Waals surface area contributed by atoms with Crippen LogP contribution in [0.3, 0.4) is 0 Å². The van der Waals surface area contributed by atoms with Crippen LogP contribution in [0.5, 0.6) is 11.5 Å². The predicted molar refractivity (Wildman–Crippen MR) is 104 cm³/mol. The fourth-order valence-corrected chi connectivity index (χ4v) is 3.29. The molecule has 1 amide bonds. The van der Waals surface area contributed by atoms with Gasteiger partial charge in [0, 0.05) is 11.4 Å². The Labute approximate surface area is 161 Å². The lowest BCUT2D eigenvalue weighted by Crippen LogP contribution is -2.31. The van der Waals surface area contributed by atoms with Crippen molar-refractivity contribution in [1.82, 2.24) is 14.8 Å². The minimum absolute atomic E-state index is 0.0133. The van der Waals surface area contributed by atoms with Crippen molar-refractivity contribution in [3.05, 3.63) is 71.7 Å². The topological polar surface area (TPSA) is 101 Å². The van der Waals surface area contributed by atoms with E-state index in [1.807, 2.05) is 37.3 Å². The van der Waals surface area contributed by atoms with Gasteiger partial charge in [-0.1, -0.05) is 24.3 Å². The summed E-state index contributed by atoms with van der Waals surface area (Å²) in [6.45, 7) is 1.81. The van der Waals surface area contributed by atoms with E-state index in [4.69, 9.17) is 4.74 Å². The van der Waals surface area contributed by atoms with Crippen LogP contribution in [0.2, 0.25) is 0 Å². The van der Waals surface area contributed by atoms with E-state index in [1.165, 1.54) is 13.4 Å². The van der Waals surface area contributed by atoms with Gasteiger partial charge in [-0.3, -0.25) is 4.79 Å². The number of anilines is 2. The molecule has 8 heteroatoms. The first-order valence-corrected chi connectivity index (χ1v) is 8.69. The van der Waals surface area contributed by atoms with Gasteiger partial charge in [-0.2, -0.15) is 10.1 Å². The number of methoxy groups -OCH3 is 1. The number of benzene rings is 2. The number of nitrogens with zero attached hydrogens (tertiary/aromatic N) is 3. The number of phenolic OH excluding ortho intramolecular Hbond substituents is 1. The van der Waals surface area contributed by atoms with Crippen LogP contribution in [0.4, 0.5) is 11.6 Å². The van der Waals surface area contributed by atoms with Gasteiger partial charge in [0.25, 0.3) is 5.91 Å². The zero-order valence-corrected chi connectivity index (χ0v) is 15.4. The van der Waals surface area contributed by atoms with Gasteiger partial charge >= 0.3 is 0 Å². The molecule has 3 aromatic rings. The highest BCUT2D eigenvalue weighted by Gasteiger charge is 2.33. The van der Waals surface area contributed by atoms with Crippen LogP contribution in [-0.4, -0.2) is 32.9 Å². The van der Waals surface area contributed by atoms with Crippen LogP contribution in [-0.2, 0) is 4.79 Å². The summed E-state index contributed by atoms with van der Waals surface area (Å²) in [5.74, 6) is 0.597. The molecule has 0 unspecified atom stereocenters. The highest BCUT2D eigenvalue weighted by molar-refractivity contribution is 6.06. The summed E-state index contributed by atoms with van der Waals surface area (Å²) in [4.78, 5) is 17.3. The lowest BCUT2D eigenvalue weighted by molar-refractivity contribution is -0.113. The minimum atomic E-state index is -0.556. The van der Waals surface area contributed by atoms with Crippen LogP contribution in [0, 0.1) is 0 Å². The summed E-state index contributed by atoms with van der Waals surface area (Å²) in [7, 11) is 1.48. The molecule has 28 heavy (non-hydrogen) atoms. The zero-order chi connectivity index (χ0) is 19.7. The lowest BCUT2D eigenvalue weighted by atomic mass is 9.94. The summed E-state index contributed by atoms with van der Waals surface area (Å²) < 4.78 is 6.75. The van der Waals surface area contributed by atoms with Crippen LogP contribution in [0.15, 0.2) is 66.1 Å². The molecular formula is C20H19N5O3. The second-order valence-corrected chi connectivity index (χ2v) is 6.35. The van der Waals surface area contributed by atoms with Crippen LogP contribution in [0.25, 0.3) is 0 Å². The second kappa shape index (κ2) is 7.07. The third-order valence-corrected chi connectivity index (χ3v) is 4.59. The summed E-state index contributed by atoms with van der Waals surface area (Å²) in [6.07, 6.45) is 1.42. The maximum atomic E-state index is 13.1. The standard InChI is InChI=1S/C20H19N5O3/c1-12-17(19(27)24-14-6-4-3-5-7-14)18(25-20(23-12)21-11-22-25)13-8-9-16(28-2)15(26)10-13/h3-11,18,26H,1-2H3,(H,24,27)(H,21,22,23)/t18-/m0/s1. The number of aromatic hydroxyl groups is 1. The number of rotatable bonds is 4. The molecule has 0 bridgehead atoms. The molecule has 1 aliphatic heterocycles. The molecule has 1 aromatic heterocycles. The fourth-order valence-electron chi connectivity index (χ4n) is 3.29. The van der Waals surface area contributed by atoms with Crippen molar-refractivity contribution in [2.45, 2.75) is 13.0 Å². The number of aromatic nitrogens is 3. The van der Waals surface area contributed by atoms with E-state index in [1.54, 1.807) is 22.9 Å². The Hall–Kier alpha value is -3.81. The number of para-hydroxylation sites is 1. The number of nitrogens with one attached hydrogen (secondary N) is 2. The molecule has 2 aromatic carbocycles. The summed E-state index contributed by atoms with van der Waals surface area (Å²) in [5, 5.41) is 20.6. The van der Waals surface area contributed by atoms with Gasteiger partial charge < -0.3 is 20.5 Å². The number of hydrogen-bond acceptors (Lipinski definition) is 6. The summed E-state index contributed by atoms with van der Waals surface area (Å²) in [6, 6.07) is 13.7. The number of phenols is 1. The smallest absolute Gasteiger partial charge is 0.255 e. The molecule has 3 N–H and O–H groups in total. The zero-order valence-electron chi connectivity index (χ0n) is 15.4. The van der Waals surface area contributed by atoms with E-state index < -0.39 is 6.04 Å². The van der Waals surface area contributed by atoms with Gasteiger partial charge in [-0.05, 0) is 36.8 Å². The highest BCUT2D eigenvalue weighted by Crippen LogP contribution is 2.38.